The van der Waals surface area contributed by atoms with Crippen LogP contribution in [0.5, 0.6) is 0 Å². The lowest BCUT2D eigenvalue weighted by molar-refractivity contribution is -0.915. The van der Waals surface area contributed by atoms with Gasteiger partial charge in [0.25, 0.3) is 5.91 Å². The van der Waals surface area contributed by atoms with E-state index in [1.165, 1.54) is 9.80 Å². The lowest BCUT2D eigenvalue weighted by Crippen LogP contribution is -3.19. The standard InChI is InChI=1S/C16H21ClN4O2/c1-12(15(22)21-7-6-18-16(21)23)19-8-10-20(11-9-19)14-5-3-2-4-13(14)17/h2-5,12H,6-11H2,1H3,(H,18,23)/p+1/t12-/m1/s1. The van der Waals surface area contributed by atoms with Gasteiger partial charge >= 0.3 is 6.03 Å². The molecule has 0 spiro atoms. The van der Waals surface area contributed by atoms with Gasteiger partial charge in [-0.15, -0.1) is 0 Å². The molecule has 7 heteroatoms. The van der Waals surface area contributed by atoms with Crippen LogP contribution in [0.15, 0.2) is 24.3 Å². The van der Waals surface area contributed by atoms with Gasteiger partial charge in [0.05, 0.1) is 36.9 Å². The first-order chi connectivity index (χ1) is 11.1. The molecule has 2 aliphatic heterocycles. The van der Waals surface area contributed by atoms with Crippen LogP contribution in [0.3, 0.4) is 0 Å². The summed E-state index contributed by atoms with van der Waals surface area (Å²) in [5.41, 5.74) is 1.05. The van der Waals surface area contributed by atoms with Crippen molar-refractivity contribution in [3.05, 3.63) is 29.3 Å². The number of carbonyl (C=O) groups excluding carboxylic acids is 2. The van der Waals surface area contributed by atoms with Crippen LogP contribution in [-0.2, 0) is 4.79 Å². The highest BCUT2D eigenvalue weighted by molar-refractivity contribution is 6.33. The second kappa shape index (κ2) is 6.76. The molecule has 6 nitrogen and oxygen atoms in total. The predicted octanol–water partition coefficient (Wildman–Crippen LogP) is -0.0148. The summed E-state index contributed by atoms with van der Waals surface area (Å²) in [5.74, 6) is -0.0822. The lowest BCUT2D eigenvalue weighted by Gasteiger charge is -2.36. The molecule has 2 fully saturated rings. The van der Waals surface area contributed by atoms with Crippen LogP contribution in [0.25, 0.3) is 0 Å². The summed E-state index contributed by atoms with van der Waals surface area (Å²) in [5, 5.41) is 3.44. The van der Waals surface area contributed by atoms with Crippen LogP contribution in [-0.4, -0.2) is 62.1 Å². The van der Waals surface area contributed by atoms with E-state index in [-0.39, 0.29) is 18.0 Å². The van der Waals surface area contributed by atoms with E-state index in [9.17, 15) is 9.59 Å². The molecule has 0 aliphatic carbocycles. The molecule has 124 valence electrons. The Hall–Kier alpha value is -1.79. The van der Waals surface area contributed by atoms with Crippen molar-refractivity contribution in [2.45, 2.75) is 13.0 Å². The number of halogens is 1. The molecule has 2 heterocycles. The molecule has 2 saturated heterocycles. The lowest BCUT2D eigenvalue weighted by atomic mass is 10.2. The molecule has 1 aromatic rings. The van der Waals surface area contributed by atoms with Crippen LogP contribution in [0.4, 0.5) is 10.5 Å². The van der Waals surface area contributed by atoms with Gasteiger partial charge in [-0.1, -0.05) is 23.7 Å². The number of hydrogen-bond acceptors (Lipinski definition) is 3. The highest BCUT2D eigenvalue weighted by atomic mass is 35.5. The van der Waals surface area contributed by atoms with Gasteiger partial charge in [0.15, 0.2) is 6.04 Å². The summed E-state index contributed by atoms with van der Waals surface area (Å²) in [6.45, 7) is 6.34. The Morgan fingerprint density at radius 1 is 1.26 bits per heavy atom. The number of nitrogens with one attached hydrogen (secondary N) is 2. The summed E-state index contributed by atoms with van der Waals surface area (Å²) in [6, 6.07) is 7.36. The van der Waals surface area contributed by atoms with E-state index in [0.29, 0.717) is 13.1 Å². The number of amides is 3. The number of piperazine rings is 1. The maximum atomic E-state index is 12.5. The molecule has 0 unspecified atom stereocenters. The fourth-order valence-corrected chi connectivity index (χ4v) is 3.52. The highest BCUT2D eigenvalue weighted by Gasteiger charge is 2.36. The third-order valence-corrected chi connectivity index (χ3v) is 5.02. The van der Waals surface area contributed by atoms with Crippen molar-refractivity contribution in [1.82, 2.24) is 10.2 Å². The molecule has 0 saturated carbocycles. The zero-order valence-electron chi connectivity index (χ0n) is 13.2. The Morgan fingerprint density at radius 2 is 1.96 bits per heavy atom. The maximum Gasteiger partial charge on any atom is 0.324 e. The van der Waals surface area contributed by atoms with Gasteiger partial charge in [-0.25, -0.2) is 4.79 Å². The predicted molar refractivity (Wildman–Crippen MR) is 88.9 cm³/mol. The summed E-state index contributed by atoms with van der Waals surface area (Å²) >= 11 is 6.26. The minimum atomic E-state index is -0.268. The van der Waals surface area contributed by atoms with E-state index in [4.69, 9.17) is 11.6 Å². The average molecular weight is 338 g/mol. The van der Waals surface area contributed by atoms with Crippen molar-refractivity contribution in [2.24, 2.45) is 0 Å². The normalized spacial score (nSPS) is 20.5. The third kappa shape index (κ3) is 3.28. The van der Waals surface area contributed by atoms with E-state index >= 15 is 0 Å². The zero-order valence-corrected chi connectivity index (χ0v) is 14.0. The molecule has 0 aromatic heterocycles. The zero-order chi connectivity index (χ0) is 16.4. The van der Waals surface area contributed by atoms with Crippen LogP contribution in [0.2, 0.25) is 5.02 Å². The first-order valence-corrected chi connectivity index (χ1v) is 8.39. The molecule has 23 heavy (non-hydrogen) atoms. The quantitative estimate of drug-likeness (QED) is 0.815. The minimum absolute atomic E-state index is 0.0822. The topological polar surface area (TPSA) is 57.1 Å². The number of anilines is 1. The SMILES string of the molecule is C[C@H](C(=O)N1CCNC1=O)[NH+]1CCN(c2ccccc2Cl)CC1. The smallest absolute Gasteiger partial charge is 0.324 e. The Morgan fingerprint density at radius 3 is 2.57 bits per heavy atom. The fraction of sp³-hybridized carbons (Fsp3) is 0.500. The summed E-state index contributed by atoms with van der Waals surface area (Å²) in [4.78, 5) is 28.9. The second-order valence-electron chi connectivity index (χ2n) is 6.04. The van der Waals surface area contributed by atoms with Crippen molar-refractivity contribution in [2.75, 3.05) is 44.2 Å². The van der Waals surface area contributed by atoms with Gasteiger partial charge in [0.2, 0.25) is 0 Å². The molecule has 1 atom stereocenters. The molecular formula is C16H22ClN4O2+. The van der Waals surface area contributed by atoms with Crippen molar-refractivity contribution >= 4 is 29.2 Å². The number of urea groups is 1. The number of rotatable bonds is 3. The van der Waals surface area contributed by atoms with Gasteiger partial charge in [0.1, 0.15) is 0 Å². The van der Waals surface area contributed by atoms with Gasteiger partial charge in [-0.3, -0.25) is 9.69 Å². The van der Waals surface area contributed by atoms with Crippen molar-refractivity contribution < 1.29 is 14.5 Å². The minimum Gasteiger partial charge on any atom is -0.359 e. The highest BCUT2D eigenvalue weighted by Crippen LogP contribution is 2.24. The second-order valence-corrected chi connectivity index (χ2v) is 6.45. The molecular weight excluding hydrogens is 316 g/mol. The van der Waals surface area contributed by atoms with E-state index in [0.717, 1.165) is 36.9 Å². The van der Waals surface area contributed by atoms with Gasteiger partial charge in [-0.2, -0.15) is 0 Å². The van der Waals surface area contributed by atoms with E-state index < -0.39 is 0 Å². The van der Waals surface area contributed by atoms with Crippen molar-refractivity contribution in [3.63, 3.8) is 0 Å². The van der Waals surface area contributed by atoms with Crippen molar-refractivity contribution in [1.29, 1.82) is 0 Å². The van der Waals surface area contributed by atoms with Crippen molar-refractivity contribution in [3.8, 4) is 0 Å². The number of hydrogen-bond donors (Lipinski definition) is 2. The number of carbonyl (C=O) groups is 2. The molecule has 3 rings (SSSR count). The summed E-state index contributed by atoms with van der Waals surface area (Å²) < 4.78 is 0. The molecule has 2 aliphatic rings. The molecule has 0 radical (unpaired) electrons. The number of quaternary nitrogens is 1. The average Bonchev–Trinajstić information content (AvgIpc) is 3.00. The summed E-state index contributed by atoms with van der Waals surface area (Å²) in [6.07, 6.45) is 0. The molecule has 0 bridgehead atoms. The number of para-hydroxylation sites is 1. The first kappa shape index (κ1) is 16.1. The maximum absolute atomic E-state index is 12.5. The Balaban J connectivity index is 1.59. The largest absolute Gasteiger partial charge is 0.359 e. The van der Waals surface area contributed by atoms with Crippen LogP contribution >= 0.6 is 11.6 Å². The van der Waals surface area contributed by atoms with Gasteiger partial charge in [-0.05, 0) is 19.1 Å². The van der Waals surface area contributed by atoms with Gasteiger partial charge in [0, 0.05) is 13.1 Å². The Bertz CT molecular complexity index is 601. The monoisotopic (exact) mass is 337 g/mol. The van der Waals surface area contributed by atoms with E-state index in [1.54, 1.807) is 0 Å². The molecule has 1 aromatic carbocycles. The fourth-order valence-electron chi connectivity index (χ4n) is 3.27. The Labute approximate surface area is 141 Å². The summed E-state index contributed by atoms with van der Waals surface area (Å²) in [7, 11) is 0. The molecule has 3 amide bonds. The molecule has 2 N–H and O–H groups in total. The first-order valence-electron chi connectivity index (χ1n) is 8.01. The number of imide groups is 1. The van der Waals surface area contributed by atoms with Crippen LogP contribution in [0.1, 0.15) is 6.92 Å². The van der Waals surface area contributed by atoms with Crippen LogP contribution < -0.4 is 15.1 Å². The number of nitrogens with zero attached hydrogens (tertiary/aromatic N) is 2. The van der Waals surface area contributed by atoms with Gasteiger partial charge < -0.3 is 15.1 Å². The van der Waals surface area contributed by atoms with E-state index in [2.05, 4.69) is 10.2 Å². The number of benzene rings is 1. The Kier molecular flexibility index (Phi) is 4.73. The third-order valence-electron chi connectivity index (χ3n) is 4.70. The van der Waals surface area contributed by atoms with Crippen LogP contribution in [0, 0.1) is 0 Å². The van der Waals surface area contributed by atoms with E-state index in [1.807, 2.05) is 31.2 Å².